The van der Waals surface area contributed by atoms with Crippen molar-refractivity contribution in [2.24, 2.45) is 0 Å². The molecule has 6 heteroatoms. The van der Waals surface area contributed by atoms with E-state index in [1.54, 1.807) is 6.33 Å². The van der Waals surface area contributed by atoms with E-state index in [4.69, 9.17) is 11.6 Å². The number of hydrogen-bond acceptors (Lipinski definition) is 4. The predicted molar refractivity (Wildman–Crippen MR) is 92.8 cm³/mol. The number of fused-ring (bicyclic) bond motifs is 1. The molecule has 0 atom stereocenters. The highest BCUT2D eigenvalue weighted by atomic mass is 35.5. The number of aromatic amines is 1. The Labute approximate surface area is 139 Å². The minimum Gasteiger partial charge on any atom is -0.353 e. The van der Waals surface area contributed by atoms with Gasteiger partial charge in [-0.05, 0) is 23.8 Å². The van der Waals surface area contributed by atoms with Crippen LogP contribution in [0.4, 0.5) is 5.82 Å². The number of benzene rings is 1. The van der Waals surface area contributed by atoms with Crippen molar-refractivity contribution in [2.45, 2.75) is 6.54 Å². The maximum Gasteiger partial charge on any atom is 0.142 e. The zero-order valence-electron chi connectivity index (χ0n) is 12.7. The molecule has 2 aromatic heterocycles. The number of hydrogen-bond donors (Lipinski definition) is 1. The summed E-state index contributed by atoms with van der Waals surface area (Å²) in [5, 5.41) is 1.90. The molecule has 0 amide bonds. The van der Waals surface area contributed by atoms with Gasteiger partial charge in [0, 0.05) is 43.9 Å². The van der Waals surface area contributed by atoms with E-state index >= 15 is 0 Å². The van der Waals surface area contributed by atoms with Crippen LogP contribution in [0.15, 0.2) is 42.9 Å². The Hall–Kier alpha value is -2.11. The summed E-state index contributed by atoms with van der Waals surface area (Å²) in [5.74, 6) is 1.03. The summed E-state index contributed by atoms with van der Waals surface area (Å²) >= 11 is 6.07. The number of piperazine rings is 1. The second kappa shape index (κ2) is 6.18. The Kier molecular flexibility index (Phi) is 3.89. The van der Waals surface area contributed by atoms with Crippen molar-refractivity contribution in [3.8, 4) is 0 Å². The molecular weight excluding hydrogens is 310 g/mol. The quantitative estimate of drug-likeness (QED) is 0.803. The maximum absolute atomic E-state index is 6.07. The van der Waals surface area contributed by atoms with E-state index in [0.29, 0.717) is 0 Å². The minimum atomic E-state index is 0.803. The normalized spacial score (nSPS) is 16.1. The van der Waals surface area contributed by atoms with Gasteiger partial charge in [-0.3, -0.25) is 4.90 Å². The number of rotatable bonds is 3. The fourth-order valence-electron chi connectivity index (χ4n) is 3.12. The molecule has 1 fully saturated rings. The van der Waals surface area contributed by atoms with Crippen molar-refractivity contribution >= 4 is 28.5 Å². The van der Waals surface area contributed by atoms with Gasteiger partial charge in [-0.1, -0.05) is 23.7 Å². The number of H-pyrrole nitrogens is 1. The van der Waals surface area contributed by atoms with Crippen LogP contribution in [0.5, 0.6) is 0 Å². The molecular formula is C17H18ClN5. The molecule has 5 nitrogen and oxygen atoms in total. The number of aromatic nitrogens is 3. The third-order valence-corrected chi connectivity index (χ3v) is 4.54. The molecule has 4 rings (SSSR count). The van der Waals surface area contributed by atoms with Crippen molar-refractivity contribution < 1.29 is 0 Å². The van der Waals surface area contributed by atoms with Gasteiger partial charge in [0.25, 0.3) is 0 Å². The highest BCUT2D eigenvalue weighted by Crippen LogP contribution is 2.23. The van der Waals surface area contributed by atoms with E-state index in [2.05, 4.69) is 30.8 Å². The lowest BCUT2D eigenvalue weighted by atomic mass is 10.2. The van der Waals surface area contributed by atoms with Crippen LogP contribution in [0.2, 0.25) is 5.02 Å². The van der Waals surface area contributed by atoms with Crippen LogP contribution >= 0.6 is 11.6 Å². The summed E-state index contributed by atoms with van der Waals surface area (Å²) in [6, 6.07) is 10.1. The summed E-state index contributed by atoms with van der Waals surface area (Å²) in [7, 11) is 0. The van der Waals surface area contributed by atoms with E-state index in [1.165, 1.54) is 5.56 Å². The molecule has 1 aliphatic rings. The molecule has 0 radical (unpaired) electrons. The molecule has 3 heterocycles. The van der Waals surface area contributed by atoms with E-state index < -0.39 is 0 Å². The first-order chi connectivity index (χ1) is 11.3. The average Bonchev–Trinajstić information content (AvgIpc) is 3.04. The Morgan fingerprint density at radius 2 is 1.96 bits per heavy atom. The third kappa shape index (κ3) is 3.02. The van der Waals surface area contributed by atoms with Crippen LogP contribution in [0.1, 0.15) is 5.56 Å². The average molecular weight is 328 g/mol. The fraction of sp³-hybridized carbons (Fsp3) is 0.294. The molecule has 1 aromatic carbocycles. The maximum atomic E-state index is 6.07. The van der Waals surface area contributed by atoms with Gasteiger partial charge in [0.1, 0.15) is 17.8 Å². The summed E-state index contributed by atoms with van der Waals surface area (Å²) in [6.07, 6.45) is 3.55. The Morgan fingerprint density at radius 3 is 2.78 bits per heavy atom. The SMILES string of the molecule is Clc1cccc(CN2CCN(c3ncnc4[nH]ccc34)CC2)c1. The third-order valence-electron chi connectivity index (χ3n) is 4.30. The van der Waals surface area contributed by atoms with Crippen LogP contribution in [-0.2, 0) is 6.54 Å². The van der Waals surface area contributed by atoms with Gasteiger partial charge in [0.2, 0.25) is 0 Å². The second-order valence-corrected chi connectivity index (χ2v) is 6.27. The van der Waals surface area contributed by atoms with Crippen molar-refractivity contribution in [3.05, 3.63) is 53.4 Å². The van der Waals surface area contributed by atoms with Gasteiger partial charge < -0.3 is 9.88 Å². The highest BCUT2D eigenvalue weighted by Gasteiger charge is 2.20. The van der Waals surface area contributed by atoms with Crippen molar-refractivity contribution in [3.63, 3.8) is 0 Å². The number of halogens is 1. The van der Waals surface area contributed by atoms with Crippen LogP contribution < -0.4 is 4.90 Å². The Morgan fingerprint density at radius 1 is 1.09 bits per heavy atom. The molecule has 0 saturated carbocycles. The zero-order chi connectivity index (χ0) is 15.6. The largest absolute Gasteiger partial charge is 0.353 e. The highest BCUT2D eigenvalue weighted by molar-refractivity contribution is 6.30. The monoisotopic (exact) mass is 327 g/mol. The van der Waals surface area contributed by atoms with Crippen LogP contribution in [0.3, 0.4) is 0 Å². The summed E-state index contributed by atoms with van der Waals surface area (Å²) in [4.78, 5) is 16.7. The fourth-order valence-corrected chi connectivity index (χ4v) is 3.33. The van der Waals surface area contributed by atoms with Gasteiger partial charge in [0.05, 0.1) is 5.39 Å². The molecule has 1 N–H and O–H groups in total. The van der Waals surface area contributed by atoms with Crippen molar-refractivity contribution in [1.29, 1.82) is 0 Å². The number of nitrogens with one attached hydrogen (secondary N) is 1. The molecule has 0 spiro atoms. The van der Waals surface area contributed by atoms with Gasteiger partial charge in [0.15, 0.2) is 0 Å². The Bertz CT molecular complexity index is 807. The van der Waals surface area contributed by atoms with E-state index in [-0.39, 0.29) is 0 Å². The lowest BCUT2D eigenvalue weighted by molar-refractivity contribution is 0.249. The lowest BCUT2D eigenvalue weighted by Crippen LogP contribution is -2.46. The van der Waals surface area contributed by atoms with Crippen LogP contribution in [0.25, 0.3) is 11.0 Å². The molecule has 1 saturated heterocycles. The number of nitrogens with zero attached hydrogens (tertiary/aromatic N) is 4. The van der Waals surface area contributed by atoms with Gasteiger partial charge in [-0.15, -0.1) is 0 Å². The molecule has 0 unspecified atom stereocenters. The zero-order valence-corrected chi connectivity index (χ0v) is 13.5. The lowest BCUT2D eigenvalue weighted by Gasteiger charge is -2.35. The van der Waals surface area contributed by atoms with Gasteiger partial charge in [-0.25, -0.2) is 9.97 Å². The molecule has 3 aromatic rings. The first kappa shape index (κ1) is 14.5. The van der Waals surface area contributed by atoms with Gasteiger partial charge >= 0.3 is 0 Å². The van der Waals surface area contributed by atoms with Crippen molar-refractivity contribution in [1.82, 2.24) is 19.9 Å². The van der Waals surface area contributed by atoms with E-state index in [1.807, 2.05) is 30.5 Å². The second-order valence-electron chi connectivity index (χ2n) is 5.83. The molecule has 23 heavy (non-hydrogen) atoms. The summed E-state index contributed by atoms with van der Waals surface area (Å²) in [5.41, 5.74) is 2.16. The van der Waals surface area contributed by atoms with Crippen LogP contribution in [-0.4, -0.2) is 46.0 Å². The summed E-state index contributed by atoms with van der Waals surface area (Å²) < 4.78 is 0. The number of anilines is 1. The molecule has 0 aliphatic carbocycles. The predicted octanol–water partition coefficient (Wildman–Crippen LogP) is 2.93. The topological polar surface area (TPSA) is 48.1 Å². The van der Waals surface area contributed by atoms with Crippen LogP contribution in [0, 0.1) is 0 Å². The first-order valence-corrected chi connectivity index (χ1v) is 8.17. The molecule has 1 aliphatic heterocycles. The summed E-state index contributed by atoms with van der Waals surface area (Å²) in [6.45, 7) is 4.92. The molecule has 0 bridgehead atoms. The smallest absolute Gasteiger partial charge is 0.142 e. The minimum absolute atomic E-state index is 0.803. The molecule has 118 valence electrons. The van der Waals surface area contributed by atoms with Crippen molar-refractivity contribution in [2.75, 3.05) is 31.1 Å². The van der Waals surface area contributed by atoms with Gasteiger partial charge in [-0.2, -0.15) is 0 Å². The van der Waals surface area contributed by atoms with E-state index in [9.17, 15) is 0 Å². The first-order valence-electron chi connectivity index (χ1n) is 7.79. The standard InChI is InChI=1S/C17H18ClN5/c18-14-3-1-2-13(10-14)11-22-6-8-23(9-7-22)17-15-4-5-19-16(15)20-12-21-17/h1-5,10,12H,6-9,11H2,(H,19,20,21). The Balaban J connectivity index is 1.44. The van der Waals surface area contributed by atoms with E-state index in [0.717, 1.165) is 54.6 Å².